The van der Waals surface area contributed by atoms with Crippen molar-refractivity contribution in [1.82, 2.24) is 14.5 Å². The quantitative estimate of drug-likeness (QED) is 0.850. The highest BCUT2D eigenvalue weighted by Crippen LogP contribution is 2.21. The molecule has 0 aliphatic carbocycles. The van der Waals surface area contributed by atoms with Crippen LogP contribution in [-0.2, 0) is 6.54 Å². The van der Waals surface area contributed by atoms with Gasteiger partial charge in [0.05, 0.1) is 11.6 Å². The Balaban J connectivity index is 2.74. The molecule has 4 nitrogen and oxygen atoms in total. The molecule has 0 amide bonds. The van der Waals surface area contributed by atoms with Crippen molar-refractivity contribution in [1.29, 1.82) is 0 Å². The van der Waals surface area contributed by atoms with Gasteiger partial charge in [0, 0.05) is 12.2 Å². The second-order valence-corrected chi connectivity index (χ2v) is 4.13. The summed E-state index contributed by atoms with van der Waals surface area (Å²) in [6, 6.07) is 2.10. The number of imidazole rings is 1. The van der Waals surface area contributed by atoms with Crippen molar-refractivity contribution >= 4 is 22.8 Å². The van der Waals surface area contributed by atoms with Gasteiger partial charge >= 0.3 is 0 Å². The van der Waals surface area contributed by atoms with Gasteiger partial charge in [-0.25, -0.2) is 9.97 Å². The minimum absolute atomic E-state index is 0.294. The maximum absolute atomic E-state index is 5.86. The molecule has 0 saturated heterocycles. The molecule has 0 bridgehead atoms. The van der Waals surface area contributed by atoms with E-state index in [1.54, 1.807) is 6.20 Å². The van der Waals surface area contributed by atoms with Gasteiger partial charge in [-0.2, -0.15) is 0 Å². The molecule has 15 heavy (non-hydrogen) atoms. The lowest BCUT2D eigenvalue weighted by atomic mass is 10.3. The number of nitrogens with zero attached hydrogens (tertiary/aromatic N) is 3. The molecule has 0 unspecified atom stereocenters. The Morgan fingerprint density at radius 1 is 1.53 bits per heavy atom. The molecule has 2 rings (SSSR count). The van der Waals surface area contributed by atoms with E-state index in [1.165, 1.54) is 0 Å². The van der Waals surface area contributed by atoms with Crippen LogP contribution in [0.1, 0.15) is 25.7 Å². The van der Waals surface area contributed by atoms with E-state index in [2.05, 4.69) is 23.8 Å². The number of aromatic nitrogens is 3. The van der Waals surface area contributed by atoms with E-state index in [9.17, 15) is 0 Å². The lowest BCUT2D eigenvalue weighted by Crippen LogP contribution is -2.10. The van der Waals surface area contributed by atoms with E-state index in [0.717, 1.165) is 17.0 Å². The molecule has 0 aromatic carbocycles. The van der Waals surface area contributed by atoms with Crippen molar-refractivity contribution in [3.8, 4) is 0 Å². The topological polar surface area (TPSA) is 56.7 Å². The Kier molecular flexibility index (Phi) is 2.63. The van der Waals surface area contributed by atoms with Gasteiger partial charge in [0.15, 0.2) is 5.65 Å². The van der Waals surface area contributed by atoms with Gasteiger partial charge in [-0.15, -0.1) is 0 Å². The van der Waals surface area contributed by atoms with Crippen molar-refractivity contribution in [2.24, 2.45) is 5.73 Å². The van der Waals surface area contributed by atoms with Crippen LogP contribution in [0.5, 0.6) is 0 Å². The fourth-order valence-electron chi connectivity index (χ4n) is 1.69. The van der Waals surface area contributed by atoms with Gasteiger partial charge in [-0.1, -0.05) is 11.6 Å². The first-order valence-electron chi connectivity index (χ1n) is 4.86. The Labute approximate surface area is 93.1 Å². The zero-order valence-corrected chi connectivity index (χ0v) is 9.49. The molecule has 5 heteroatoms. The third-order valence-corrected chi connectivity index (χ3v) is 2.48. The molecule has 2 N–H and O–H groups in total. The van der Waals surface area contributed by atoms with E-state index in [4.69, 9.17) is 17.3 Å². The molecule has 0 fully saturated rings. The number of nitrogens with two attached hydrogens (primary N) is 1. The Bertz CT molecular complexity index is 489. The highest BCUT2D eigenvalue weighted by molar-refractivity contribution is 6.31. The zero-order valence-electron chi connectivity index (χ0n) is 8.74. The van der Waals surface area contributed by atoms with Crippen LogP contribution in [0.15, 0.2) is 12.3 Å². The van der Waals surface area contributed by atoms with Crippen LogP contribution < -0.4 is 5.73 Å². The maximum Gasteiger partial charge on any atom is 0.160 e. The fraction of sp³-hybridized carbons (Fsp3) is 0.400. The summed E-state index contributed by atoms with van der Waals surface area (Å²) in [5.74, 6) is 0.842. The lowest BCUT2D eigenvalue weighted by Gasteiger charge is -2.10. The first-order valence-corrected chi connectivity index (χ1v) is 5.23. The van der Waals surface area contributed by atoms with E-state index in [-0.39, 0.29) is 0 Å². The molecule has 2 aromatic heterocycles. The molecular weight excluding hydrogens is 212 g/mol. The standard InChI is InChI=1S/C10H13ClN4/c1-6(2)15-9(4-12)14-8-3-7(11)5-13-10(8)15/h3,5-6H,4,12H2,1-2H3. The number of halogens is 1. The molecule has 0 aliphatic rings. The first kappa shape index (κ1) is 10.4. The van der Waals surface area contributed by atoms with Crippen LogP contribution in [0, 0.1) is 0 Å². The number of fused-ring (bicyclic) bond motifs is 1. The van der Waals surface area contributed by atoms with Crippen LogP contribution >= 0.6 is 11.6 Å². The molecular formula is C10H13ClN4. The third kappa shape index (κ3) is 1.70. The maximum atomic E-state index is 5.86. The number of rotatable bonds is 2. The van der Waals surface area contributed by atoms with Gasteiger partial charge in [-0.3, -0.25) is 0 Å². The Morgan fingerprint density at radius 2 is 2.27 bits per heavy atom. The normalized spacial score (nSPS) is 11.5. The molecule has 2 heterocycles. The summed E-state index contributed by atoms with van der Waals surface area (Å²) in [4.78, 5) is 8.69. The SMILES string of the molecule is CC(C)n1c(CN)nc2cc(Cl)cnc21. The Hall–Kier alpha value is -1.13. The molecule has 80 valence electrons. The van der Waals surface area contributed by atoms with Crippen LogP contribution in [0.2, 0.25) is 5.02 Å². The van der Waals surface area contributed by atoms with Crippen molar-refractivity contribution in [3.63, 3.8) is 0 Å². The highest BCUT2D eigenvalue weighted by atomic mass is 35.5. The summed E-state index contributed by atoms with van der Waals surface area (Å²) in [5, 5.41) is 0.597. The van der Waals surface area contributed by atoms with Gasteiger partial charge < -0.3 is 10.3 Å². The van der Waals surface area contributed by atoms with Gasteiger partial charge in [0.2, 0.25) is 0 Å². The summed E-state index contributed by atoms with van der Waals surface area (Å²) >= 11 is 5.86. The average Bonchev–Trinajstić information content (AvgIpc) is 2.54. The van der Waals surface area contributed by atoms with E-state index in [1.807, 2.05) is 10.6 Å². The number of pyridine rings is 1. The minimum Gasteiger partial charge on any atom is -0.324 e. The van der Waals surface area contributed by atoms with Crippen molar-refractivity contribution in [2.75, 3.05) is 0 Å². The number of hydrogen-bond donors (Lipinski definition) is 1. The summed E-state index contributed by atoms with van der Waals surface area (Å²) in [7, 11) is 0. The van der Waals surface area contributed by atoms with Crippen LogP contribution in [0.25, 0.3) is 11.2 Å². The van der Waals surface area contributed by atoms with Crippen molar-refractivity contribution < 1.29 is 0 Å². The van der Waals surface area contributed by atoms with E-state index >= 15 is 0 Å². The largest absolute Gasteiger partial charge is 0.324 e. The molecule has 0 saturated carbocycles. The fourth-order valence-corrected chi connectivity index (χ4v) is 1.84. The predicted molar refractivity (Wildman–Crippen MR) is 60.8 cm³/mol. The molecule has 0 aliphatic heterocycles. The van der Waals surface area contributed by atoms with Gasteiger partial charge in [0.1, 0.15) is 11.3 Å². The first-order chi connectivity index (χ1) is 7.13. The third-order valence-electron chi connectivity index (χ3n) is 2.27. The van der Waals surface area contributed by atoms with E-state index in [0.29, 0.717) is 17.6 Å². The van der Waals surface area contributed by atoms with Gasteiger partial charge in [-0.05, 0) is 19.9 Å². The van der Waals surface area contributed by atoms with Crippen molar-refractivity contribution in [3.05, 3.63) is 23.1 Å². The predicted octanol–water partition coefficient (Wildman–Crippen LogP) is 2.12. The molecule has 0 atom stereocenters. The average molecular weight is 225 g/mol. The molecule has 2 aromatic rings. The highest BCUT2D eigenvalue weighted by Gasteiger charge is 2.13. The Morgan fingerprint density at radius 3 is 2.87 bits per heavy atom. The second-order valence-electron chi connectivity index (χ2n) is 3.69. The summed E-state index contributed by atoms with van der Waals surface area (Å²) in [6.45, 7) is 4.57. The summed E-state index contributed by atoms with van der Waals surface area (Å²) in [6.07, 6.45) is 1.63. The summed E-state index contributed by atoms with van der Waals surface area (Å²) < 4.78 is 2.03. The van der Waals surface area contributed by atoms with Crippen molar-refractivity contribution in [2.45, 2.75) is 26.4 Å². The van der Waals surface area contributed by atoms with Crippen LogP contribution in [0.3, 0.4) is 0 Å². The minimum atomic E-state index is 0.294. The summed E-state index contributed by atoms with van der Waals surface area (Å²) in [5.41, 5.74) is 7.29. The molecule has 0 spiro atoms. The smallest absolute Gasteiger partial charge is 0.160 e. The molecule has 0 radical (unpaired) electrons. The monoisotopic (exact) mass is 224 g/mol. The van der Waals surface area contributed by atoms with Gasteiger partial charge in [0.25, 0.3) is 0 Å². The second kappa shape index (κ2) is 3.79. The van der Waals surface area contributed by atoms with Crippen LogP contribution in [-0.4, -0.2) is 14.5 Å². The number of hydrogen-bond acceptors (Lipinski definition) is 3. The van der Waals surface area contributed by atoms with Crippen LogP contribution in [0.4, 0.5) is 0 Å². The lowest BCUT2D eigenvalue weighted by molar-refractivity contribution is 0.581. The zero-order chi connectivity index (χ0) is 11.0. The van der Waals surface area contributed by atoms with E-state index < -0.39 is 0 Å².